The second-order valence-corrected chi connectivity index (χ2v) is 6.02. The zero-order valence-corrected chi connectivity index (χ0v) is 12.4. The number of aromatic nitrogens is 1. The molecule has 0 bridgehead atoms. The Balaban J connectivity index is 1.97. The highest BCUT2D eigenvalue weighted by Gasteiger charge is 2.30. The maximum atomic E-state index is 12.5. The van der Waals surface area contributed by atoms with Gasteiger partial charge in [0.05, 0.1) is 10.6 Å². The summed E-state index contributed by atoms with van der Waals surface area (Å²) in [5.41, 5.74) is 6.34. The number of hydrogen-bond donors (Lipinski definition) is 1. The van der Waals surface area contributed by atoms with E-state index in [1.54, 1.807) is 17.5 Å². The van der Waals surface area contributed by atoms with E-state index in [1.807, 2.05) is 12.3 Å². The normalized spacial score (nSPS) is 14.9. The number of aryl methyl sites for hydroxylation is 1. The quantitative estimate of drug-likeness (QED) is 0.897. The van der Waals surface area contributed by atoms with Crippen molar-refractivity contribution >= 4 is 11.3 Å². The zero-order valence-electron chi connectivity index (χ0n) is 11.6. The summed E-state index contributed by atoms with van der Waals surface area (Å²) in [6.07, 6.45) is -0.987. The van der Waals surface area contributed by atoms with Crippen LogP contribution in [-0.2, 0) is 12.6 Å². The molecular weight excluding hydrogens is 297 g/mol. The summed E-state index contributed by atoms with van der Waals surface area (Å²) in [6, 6.07) is 5.14. The minimum absolute atomic E-state index is 0.00671. The van der Waals surface area contributed by atoms with Gasteiger partial charge in [0, 0.05) is 24.0 Å². The number of rotatable bonds is 5. The molecule has 0 aliphatic carbocycles. The third-order valence-corrected chi connectivity index (χ3v) is 4.42. The van der Waals surface area contributed by atoms with Gasteiger partial charge in [-0.05, 0) is 30.0 Å². The third-order valence-electron chi connectivity index (χ3n) is 3.58. The number of nitrogens with zero attached hydrogens (tertiary/aromatic N) is 1. The zero-order chi connectivity index (χ0) is 15.5. The fourth-order valence-electron chi connectivity index (χ4n) is 2.14. The first kappa shape index (κ1) is 16.0. The molecular formula is C15H17F3N2S. The number of nitrogens with two attached hydrogens (primary N) is 1. The Bertz CT molecular complexity index is 549. The van der Waals surface area contributed by atoms with E-state index >= 15 is 0 Å². The minimum atomic E-state index is -4.30. The SMILES string of the molecule is CC(c1ccc(C(F)(F)F)cc1)C(N)CCc1nccs1. The van der Waals surface area contributed by atoms with Gasteiger partial charge in [0.2, 0.25) is 0 Å². The molecule has 2 atom stereocenters. The molecule has 6 heteroatoms. The van der Waals surface area contributed by atoms with Crippen LogP contribution < -0.4 is 5.73 Å². The summed E-state index contributed by atoms with van der Waals surface area (Å²) in [7, 11) is 0. The van der Waals surface area contributed by atoms with Gasteiger partial charge in [0.1, 0.15) is 0 Å². The summed E-state index contributed by atoms with van der Waals surface area (Å²) < 4.78 is 37.6. The number of hydrogen-bond acceptors (Lipinski definition) is 3. The van der Waals surface area contributed by atoms with Crippen molar-refractivity contribution in [3.05, 3.63) is 52.0 Å². The van der Waals surface area contributed by atoms with E-state index in [0.29, 0.717) is 0 Å². The number of alkyl halides is 3. The Labute approximate surface area is 125 Å². The highest BCUT2D eigenvalue weighted by atomic mass is 32.1. The molecule has 2 nitrogen and oxygen atoms in total. The van der Waals surface area contributed by atoms with Crippen molar-refractivity contribution in [3.63, 3.8) is 0 Å². The Morgan fingerprint density at radius 1 is 1.24 bits per heavy atom. The molecule has 1 aromatic carbocycles. The summed E-state index contributed by atoms with van der Waals surface area (Å²) >= 11 is 1.59. The predicted octanol–water partition coefficient (Wildman–Crippen LogP) is 4.23. The van der Waals surface area contributed by atoms with Crippen LogP contribution in [0.25, 0.3) is 0 Å². The Hall–Kier alpha value is -1.40. The summed E-state index contributed by atoms with van der Waals surface area (Å²) in [4.78, 5) is 4.20. The Morgan fingerprint density at radius 3 is 2.43 bits per heavy atom. The fourth-order valence-corrected chi connectivity index (χ4v) is 2.78. The maximum absolute atomic E-state index is 12.5. The molecule has 0 saturated carbocycles. The standard InChI is InChI=1S/C15H17F3N2S/c1-10(13(19)6-7-14-20-8-9-21-14)11-2-4-12(5-3-11)15(16,17)18/h2-5,8-10,13H,6-7,19H2,1H3. The highest BCUT2D eigenvalue weighted by molar-refractivity contribution is 7.09. The lowest BCUT2D eigenvalue weighted by Gasteiger charge is -2.20. The van der Waals surface area contributed by atoms with Gasteiger partial charge in [-0.1, -0.05) is 19.1 Å². The maximum Gasteiger partial charge on any atom is 0.416 e. The van der Waals surface area contributed by atoms with Crippen LogP contribution in [0.1, 0.15) is 35.4 Å². The van der Waals surface area contributed by atoms with Crippen LogP contribution in [0.5, 0.6) is 0 Å². The molecule has 0 amide bonds. The van der Waals surface area contributed by atoms with E-state index in [2.05, 4.69) is 4.98 Å². The Morgan fingerprint density at radius 2 is 1.90 bits per heavy atom. The van der Waals surface area contributed by atoms with Crippen LogP contribution in [0.15, 0.2) is 35.8 Å². The van der Waals surface area contributed by atoms with Gasteiger partial charge in [-0.25, -0.2) is 4.98 Å². The third kappa shape index (κ3) is 4.28. The molecule has 2 N–H and O–H groups in total. The van der Waals surface area contributed by atoms with Crippen LogP contribution in [0, 0.1) is 0 Å². The van der Waals surface area contributed by atoms with Crippen LogP contribution >= 0.6 is 11.3 Å². The minimum Gasteiger partial charge on any atom is -0.327 e. The van der Waals surface area contributed by atoms with Crippen LogP contribution in [0.3, 0.4) is 0 Å². The molecule has 21 heavy (non-hydrogen) atoms. The topological polar surface area (TPSA) is 38.9 Å². The summed E-state index contributed by atoms with van der Waals surface area (Å²) in [5, 5.41) is 2.95. The van der Waals surface area contributed by atoms with E-state index in [0.717, 1.165) is 35.5 Å². The lowest BCUT2D eigenvalue weighted by atomic mass is 9.90. The lowest BCUT2D eigenvalue weighted by Crippen LogP contribution is -2.27. The molecule has 2 rings (SSSR count). The van der Waals surface area contributed by atoms with E-state index in [4.69, 9.17) is 5.73 Å². The molecule has 2 unspecified atom stereocenters. The van der Waals surface area contributed by atoms with Gasteiger partial charge in [-0.3, -0.25) is 0 Å². The highest BCUT2D eigenvalue weighted by Crippen LogP contribution is 2.30. The molecule has 0 fully saturated rings. The average Bonchev–Trinajstić information content (AvgIpc) is 2.96. The molecule has 0 saturated heterocycles. The van der Waals surface area contributed by atoms with Gasteiger partial charge in [0.15, 0.2) is 0 Å². The number of halogens is 3. The second kappa shape index (κ2) is 6.58. The van der Waals surface area contributed by atoms with Crippen molar-refractivity contribution in [2.75, 3.05) is 0 Å². The van der Waals surface area contributed by atoms with Crippen molar-refractivity contribution in [1.29, 1.82) is 0 Å². The van der Waals surface area contributed by atoms with Crippen molar-refractivity contribution in [1.82, 2.24) is 4.98 Å². The van der Waals surface area contributed by atoms with Gasteiger partial charge in [0.25, 0.3) is 0 Å². The monoisotopic (exact) mass is 314 g/mol. The van der Waals surface area contributed by atoms with Crippen LogP contribution in [0.4, 0.5) is 13.2 Å². The number of thiazole rings is 1. The fraction of sp³-hybridized carbons (Fsp3) is 0.400. The number of benzene rings is 1. The molecule has 0 aliphatic heterocycles. The van der Waals surface area contributed by atoms with E-state index in [1.165, 1.54) is 12.1 Å². The molecule has 2 aromatic rings. The first-order valence-electron chi connectivity index (χ1n) is 6.69. The van der Waals surface area contributed by atoms with Crippen LogP contribution in [0.2, 0.25) is 0 Å². The van der Waals surface area contributed by atoms with Gasteiger partial charge >= 0.3 is 6.18 Å². The predicted molar refractivity (Wildman–Crippen MR) is 78.3 cm³/mol. The van der Waals surface area contributed by atoms with Crippen molar-refractivity contribution in [2.24, 2.45) is 5.73 Å². The Kier molecular flexibility index (Phi) is 5.00. The molecule has 0 spiro atoms. The second-order valence-electron chi connectivity index (χ2n) is 5.04. The van der Waals surface area contributed by atoms with Gasteiger partial charge < -0.3 is 5.73 Å². The molecule has 1 heterocycles. The first-order valence-corrected chi connectivity index (χ1v) is 7.57. The molecule has 0 radical (unpaired) electrons. The summed E-state index contributed by atoms with van der Waals surface area (Å²) in [5.74, 6) is 0.00671. The van der Waals surface area contributed by atoms with E-state index < -0.39 is 11.7 Å². The average molecular weight is 314 g/mol. The lowest BCUT2D eigenvalue weighted by molar-refractivity contribution is -0.137. The molecule has 114 valence electrons. The van der Waals surface area contributed by atoms with Crippen molar-refractivity contribution in [2.45, 2.75) is 37.9 Å². The van der Waals surface area contributed by atoms with Gasteiger partial charge in [-0.15, -0.1) is 11.3 Å². The molecule has 1 aromatic heterocycles. The van der Waals surface area contributed by atoms with E-state index in [9.17, 15) is 13.2 Å². The van der Waals surface area contributed by atoms with Gasteiger partial charge in [-0.2, -0.15) is 13.2 Å². The summed E-state index contributed by atoms with van der Waals surface area (Å²) in [6.45, 7) is 1.94. The first-order chi connectivity index (χ1) is 9.88. The van der Waals surface area contributed by atoms with Crippen LogP contribution in [-0.4, -0.2) is 11.0 Å². The van der Waals surface area contributed by atoms with E-state index in [-0.39, 0.29) is 12.0 Å². The molecule has 0 aliphatic rings. The largest absolute Gasteiger partial charge is 0.416 e. The van der Waals surface area contributed by atoms with Crippen molar-refractivity contribution < 1.29 is 13.2 Å². The smallest absolute Gasteiger partial charge is 0.327 e. The van der Waals surface area contributed by atoms with Crippen molar-refractivity contribution in [3.8, 4) is 0 Å².